The fourth-order valence-corrected chi connectivity index (χ4v) is 1.44. The van der Waals surface area contributed by atoms with Gasteiger partial charge in [0.05, 0.1) is 12.2 Å². The topological polar surface area (TPSA) is 44.0 Å². The molecule has 0 saturated heterocycles. The fraction of sp³-hybridized carbons (Fsp3) is 0.364. The lowest BCUT2D eigenvalue weighted by atomic mass is 9.99. The van der Waals surface area contributed by atoms with Crippen molar-refractivity contribution >= 4 is 11.6 Å². The van der Waals surface area contributed by atoms with E-state index in [2.05, 4.69) is 6.07 Å². The molecule has 14 heavy (non-hydrogen) atoms. The monoisotopic (exact) mass is 209 g/mol. The van der Waals surface area contributed by atoms with Crippen LogP contribution in [0.3, 0.4) is 0 Å². The van der Waals surface area contributed by atoms with Crippen molar-refractivity contribution in [2.45, 2.75) is 19.4 Å². The van der Waals surface area contributed by atoms with Crippen LogP contribution < -0.4 is 0 Å². The van der Waals surface area contributed by atoms with Crippen LogP contribution in [0.2, 0.25) is 5.02 Å². The summed E-state index contributed by atoms with van der Waals surface area (Å²) in [6.45, 7) is 1.79. The zero-order chi connectivity index (χ0) is 10.6. The molecule has 0 amide bonds. The second kappa shape index (κ2) is 4.99. The van der Waals surface area contributed by atoms with Crippen LogP contribution in [0.1, 0.15) is 25.0 Å². The molecule has 0 aromatic heterocycles. The van der Waals surface area contributed by atoms with Crippen molar-refractivity contribution in [1.29, 1.82) is 5.26 Å². The molecule has 1 aromatic rings. The van der Waals surface area contributed by atoms with Crippen molar-refractivity contribution in [1.82, 2.24) is 0 Å². The van der Waals surface area contributed by atoms with E-state index in [4.69, 9.17) is 16.9 Å². The molecule has 3 heteroatoms. The van der Waals surface area contributed by atoms with Gasteiger partial charge >= 0.3 is 0 Å². The van der Waals surface area contributed by atoms with Crippen LogP contribution in [-0.2, 0) is 0 Å². The molecular weight excluding hydrogens is 198 g/mol. The number of halogens is 1. The van der Waals surface area contributed by atoms with E-state index >= 15 is 0 Å². The van der Waals surface area contributed by atoms with E-state index in [0.29, 0.717) is 11.4 Å². The van der Waals surface area contributed by atoms with Gasteiger partial charge in [0.2, 0.25) is 0 Å². The fourth-order valence-electron chi connectivity index (χ4n) is 1.24. The van der Waals surface area contributed by atoms with E-state index in [1.54, 1.807) is 31.2 Å². The second-order valence-electron chi connectivity index (χ2n) is 3.34. The third-order valence-electron chi connectivity index (χ3n) is 2.03. The minimum absolute atomic E-state index is 0.149. The number of hydrogen-bond donors (Lipinski definition) is 1. The summed E-state index contributed by atoms with van der Waals surface area (Å²) in [5.41, 5.74) is 0.764. The lowest BCUT2D eigenvalue weighted by Crippen LogP contribution is -2.02. The molecular formula is C11H12ClNO. The highest BCUT2D eigenvalue weighted by Crippen LogP contribution is 2.23. The number of aliphatic hydroxyl groups is 1. The molecule has 2 unspecified atom stereocenters. The molecule has 74 valence electrons. The van der Waals surface area contributed by atoms with Crippen molar-refractivity contribution in [3.63, 3.8) is 0 Å². The summed E-state index contributed by atoms with van der Waals surface area (Å²) in [6.07, 6.45) is -0.167. The first-order valence-electron chi connectivity index (χ1n) is 4.46. The van der Waals surface area contributed by atoms with Gasteiger partial charge in [-0.05, 0) is 31.0 Å². The first kappa shape index (κ1) is 11.0. The molecule has 0 aliphatic heterocycles. The molecule has 0 spiro atoms. The molecule has 1 aromatic carbocycles. The van der Waals surface area contributed by atoms with Crippen LogP contribution in [0.15, 0.2) is 24.3 Å². The Bertz CT molecular complexity index is 345. The van der Waals surface area contributed by atoms with Gasteiger partial charge in [0.15, 0.2) is 0 Å². The Hall–Kier alpha value is -1.04. The Morgan fingerprint density at radius 2 is 2.29 bits per heavy atom. The van der Waals surface area contributed by atoms with Gasteiger partial charge in [0.25, 0.3) is 0 Å². The summed E-state index contributed by atoms with van der Waals surface area (Å²) in [7, 11) is 0. The maximum absolute atomic E-state index is 9.74. The summed E-state index contributed by atoms with van der Waals surface area (Å²) in [5, 5.41) is 18.9. The SMILES string of the molecule is CC(C#N)CC(O)c1cccc(Cl)c1. The number of benzene rings is 1. The largest absolute Gasteiger partial charge is 0.388 e. The van der Waals surface area contributed by atoms with Crippen LogP contribution in [0.25, 0.3) is 0 Å². The average Bonchev–Trinajstić information content (AvgIpc) is 2.17. The molecule has 1 N–H and O–H groups in total. The molecule has 0 aliphatic rings. The summed E-state index contributed by atoms with van der Waals surface area (Å²) in [6, 6.07) is 9.16. The van der Waals surface area contributed by atoms with Gasteiger partial charge in [0.1, 0.15) is 0 Å². The number of nitrogens with zero attached hydrogens (tertiary/aromatic N) is 1. The van der Waals surface area contributed by atoms with Gasteiger partial charge < -0.3 is 5.11 Å². The van der Waals surface area contributed by atoms with Crippen LogP contribution in [0.5, 0.6) is 0 Å². The van der Waals surface area contributed by atoms with Crippen molar-refractivity contribution in [2.75, 3.05) is 0 Å². The van der Waals surface area contributed by atoms with Crippen molar-refractivity contribution in [3.05, 3.63) is 34.9 Å². The van der Waals surface area contributed by atoms with Gasteiger partial charge in [-0.15, -0.1) is 0 Å². The normalized spacial score (nSPS) is 14.4. The van der Waals surface area contributed by atoms with Crippen molar-refractivity contribution in [3.8, 4) is 6.07 Å². The van der Waals surface area contributed by atoms with Crippen LogP contribution in [0, 0.1) is 17.2 Å². The minimum Gasteiger partial charge on any atom is -0.388 e. The summed E-state index contributed by atoms with van der Waals surface area (Å²) in [4.78, 5) is 0. The van der Waals surface area contributed by atoms with E-state index in [-0.39, 0.29) is 5.92 Å². The maximum Gasteiger partial charge on any atom is 0.0803 e. The van der Waals surface area contributed by atoms with Gasteiger partial charge in [0, 0.05) is 10.9 Å². The second-order valence-corrected chi connectivity index (χ2v) is 3.77. The molecule has 0 radical (unpaired) electrons. The summed E-state index contributed by atoms with van der Waals surface area (Å²) < 4.78 is 0. The van der Waals surface area contributed by atoms with Gasteiger partial charge in [-0.25, -0.2) is 0 Å². The first-order valence-corrected chi connectivity index (χ1v) is 4.84. The molecule has 0 fully saturated rings. The summed E-state index contributed by atoms with van der Waals surface area (Å²) >= 11 is 5.78. The highest BCUT2D eigenvalue weighted by Gasteiger charge is 2.11. The van der Waals surface area contributed by atoms with Crippen LogP contribution in [-0.4, -0.2) is 5.11 Å². The quantitative estimate of drug-likeness (QED) is 0.832. The highest BCUT2D eigenvalue weighted by atomic mass is 35.5. The highest BCUT2D eigenvalue weighted by molar-refractivity contribution is 6.30. The predicted octanol–water partition coefficient (Wildman–Crippen LogP) is 2.92. The van der Waals surface area contributed by atoms with Gasteiger partial charge in [-0.1, -0.05) is 23.7 Å². The Morgan fingerprint density at radius 1 is 1.57 bits per heavy atom. The van der Waals surface area contributed by atoms with Crippen LogP contribution >= 0.6 is 11.6 Å². The molecule has 0 bridgehead atoms. The third kappa shape index (κ3) is 3.02. The number of hydrogen-bond acceptors (Lipinski definition) is 2. The zero-order valence-corrected chi connectivity index (χ0v) is 8.70. The predicted molar refractivity (Wildman–Crippen MR) is 55.8 cm³/mol. The molecule has 2 nitrogen and oxygen atoms in total. The minimum atomic E-state index is -0.608. The maximum atomic E-state index is 9.74. The van der Waals surface area contributed by atoms with Crippen LogP contribution in [0.4, 0.5) is 0 Å². The summed E-state index contributed by atoms with van der Waals surface area (Å²) in [5.74, 6) is -0.149. The number of nitriles is 1. The third-order valence-corrected chi connectivity index (χ3v) is 2.27. The van der Waals surface area contributed by atoms with E-state index < -0.39 is 6.10 Å². The number of rotatable bonds is 3. The molecule has 0 heterocycles. The number of aliphatic hydroxyl groups excluding tert-OH is 1. The van der Waals surface area contributed by atoms with Gasteiger partial charge in [-0.2, -0.15) is 5.26 Å². The molecule has 0 saturated carbocycles. The van der Waals surface area contributed by atoms with Gasteiger partial charge in [-0.3, -0.25) is 0 Å². The Balaban J connectivity index is 2.70. The Morgan fingerprint density at radius 3 is 2.86 bits per heavy atom. The lowest BCUT2D eigenvalue weighted by molar-refractivity contribution is 0.156. The Labute approximate surface area is 88.7 Å². The standard InChI is InChI=1S/C11H12ClNO/c1-8(7-13)5-11(14)9-3-2-4-10(12)6-9/h2-4,6,8,11,14H,5H2,1H3. The van der Waals surface area contributed by atoms with E-state index in [1.165, 1.54) is 0 Å². The zero-order valence-electron chi connectivity index (χ0n) is 7.94. The molecule has 0 aliphatic carbocycles. The van der Waals surface area contributed by atoms with Crippen molar-refractivity contribution < 1.29 is 5.11 Å². The average molecular weight is 210 g/mol. The smallest absolute Gasteiger partial charge is 0.0803 e. The van der Waals surface area contributed by atoms with E-state index in [1.807, 2.05) is 0 Å². The van der Waals surface area contributed by atoms with E-state index in [0.717, 1.165) is 5.56 Å². The Kier molecular flexibility index (Phi) is 3.94. The molecule has 2 atom stereocenters. The lowest BCUT2D eigenvalue weighted by Gasteiger charge is -2.11. The van der Waals surface area contributed by atoms with Crippen molar-refractivity contribution in [2.24, 2.45) is 5.92 Å². The van der Waals surface area contributed by atoms with E-state index in [9.17, 15) is 5.11 Å². The molecule has 1 rings (SSSR count). The first-order chi connectivity index (χ1) is 6.63.